The van der Waals surface area contributed by atoms with Crippen LogP contribution in [0.2, 0.25) is 0 Å². The maximum atomic E-state index is 12.3. The summed E-state index contributed by atoms with van der Waals surface area (Å²) >= 11 is 0. The predicted octanol–water partition coefficient (Wildman–Crippen LogP) is 0.938. The van der Waals surface area contributed by atoms with Crippen LogP contribution in [0.5, 0.6) is 0 Å². The second-order valence-electron chi connectivity index (χ2n) is 4.92. The zero-order valence-electron chi connectivity index (χ0n) is 10.5. The highest BCUT2D eigenvalue weighted by Gasteiger charge is 2.42. The first kappa shape index (κ1) is 12.2. The molecule has 2 atom stereocenters. The molecule has 100 valence electrons. The number of amides is 3. The number of hydrogen-bond acceptors (Lipinski definition) is 3. The van der Waals surface area contributed by atoms with Gasteiger partial charge in [0.25, 0.3) is 5.91 Å². The second-order valence-corrected chi connectivity index (χ2v) is 4.92. The van der Waals surface area contributed by atoms with Gasteiger partial charge in [0, 0.05) is 13.0 Å². The quantitative estimate of drug-likeness (QED) is 0.823. The van der Waals surface area contributed by atoms with Crippen molar-refractivity contribution in [1.82, 2.24) is 10.2 Å². The molecule has 0 aromatic heterocycles. The molecule has 2 aliphatic rings. The van der Waals surface area contributed by atoms with E-state index in [9.17, 15) is 9.59 Å². The van der Waals surface area contributed by atoms with Crippen molar-refractivity contribution in [1.29, 1.82) is 0 Å². The second kappa shape index (κ2) is 5.01. The first-order valence-electron chi connectivity index (χ1n) is 6.51. The molecule has 3 rings (SSSR count). The number of urea groups is 1. The van der Waals surface area contributed by atoms with Crippen molar-refractivity contribution in [3.05, 3.63) is 35.9 Å². The molecule has 19 heavy (non-hydrogen) atoms. The Morgan fingerprint density at radius 1 is 1.26 bits per heavy atom. The monoisotopic (exact) mass is 260 g/mol. The number of nitrogens with zero attached hydrogens (tertiary/aromatic N) is 1. The van der Waals surface area contributed by atoms with E-state index in [-0.39, 0.29) is 18.0 Å². The van der Waals surface area contributed by atoms with E-state index in [1.165, 1.54) is 4.90 Å². The van der Waals surface area contributed by atoms with Gasteiger partial charge in [-0.3, -0.25) is 9.69 Å². The van der Waals surface area contributed by atoms with Gasteiger partial charge < -0.3 is 10.1 Å². The van der Waals surface area contributed by atoms with E-state index in [1.54, 1.807) is 0 Å². The van der Waals surface area contributed by atoms with Crippen LogP contribution in [0.3, 0.4) is 0 Å². The summed E-state index contributed by atoms with van der Waals surface area (Å²) in [7, 11) is 0. The Morgan fingerprint density at radius 2 is 2.05 bits per heavy atom. The zero-order valence-corrected chi connectivity index (χ0v) is 10.5. The molecule has 0 saturated carbocycles. The molecule has 5 heteroatoms. The Labute approximate surface area is 111 Å². The Morgan fingerprint density at radius 3 is 2.74 bits per heavy atom. The molecule has 2 fully saturated rings. The van der Waals surface area contributed by atoms with Gasteiger partial charge in [-0.2, -0.15) is 0 Å². The average Bonchev–Trinajstić information content (AvgIpc) is 3.01. The molecule has 2 saturated heterocycles. The Balaban J connectivity index is 1.71. The van der Waals surface area contributed by atoms with Gasteiger partial charge in [-0.1, -0.05) is 30.3 Å². The van der Waals surface area contributed by atoms with Gasteiger partial charge in [-0.25, -0.2) is 4.79 Å². The number of hydrogen-bond donors (Lipinski definition) is 1. The molecule has 0 aliphatic carbocycles. The SMILES string of the molecule is O=C1NC(Cc2ccccc2)C(=O)N1C1CCOC1. The fourth-order valence-electron chi connectivity index (χ4n) is 2.61. The van der Waals surface area contributed by atoms with Crippen LogP contribution in [-0.2, 0) is 16.0 Å². The summed E-state index contributed by atoms with van der Waals surface area (Å²) in [5.74, 6) is -0.135. The molecule has 2 aliphatic heterocycles. The van der Waals surface area contributed by atoms with E-state index in [4.69, 9.17) is 4.74 Å². The lowest BCUT2D eigenvalue weighted by atomic mass is 10.1. The van der Waals surface area contributed by atoms with E-state index in [2.05, 4.69) is 5.32 Å². The normalized spacial score (nSPS) is 26.8. The summed E-state index contributed by atoms with van der Waals surface area (Å²) in [6, 6.07) is 8.87. The minimum atomic E-state index is -0.449. The summed E-state index contributed by atoms with van der Waals surface area (Å²) in [5, 5.41) is 2.76. The predicted molar refractivity (Wildman–Crippen MR) is 68.5 cm³/mol. The number of nitrogens with one attached hydrogen (secondary N) is 1. The third kappa shape index (κ3) is 2.33. The van der Waals surface area contributed by atoms with Crippen LogP contribution in [0.4, 0.5) is 4.79 Å². The summed E-state index contributed by atoms with van der Waals surface area (Å²) in [6.07, 6.45) is 1.27. The third-order valence-electron chi connectivity index (χ3n) is 3.61. The van der Waals surface area contributed by atoms with Crippen molar-refractivity contribution < 1.29 is 14.3 Å². The number of ether oxygens (including phenoxy) is 1. The topological polar surface area (TPSA) is 58.6 Å². The van der Waals surface area contributed by atoms with Gasteiger partial charge in [-0.05, 0) is 12.0 Å². The minimum Gasteiger partial charge on any atom is -0.379 e. The molecule has 1 N–H and O–H groups in total. The highest BCUT2D eigenvalue weighted by atomic mass is 16.5. The van der Waals surface area contributed by atoms with Gasteiger partial charge in [0.1, 0.15) is 6.04 Å². The molecule has 2 heterocycles. The number of carbonyl (C=O) groups is 2. The number of rotatable bonds is 3. The van der Waals surface area contributed by atoms with Gasteiger partial charge in [-0.15, -0.1) is 0 Å². The molecule has 0 bridgehead atoms. The molecule has 0 spiro atoms. The largest absolute Gasteiger partial charge is 0.379 e. The molecule has 2 unspecified atom stereocenters. The third-order valence-corrected chi connectivity index (χ3v) is 3.61. The standard InChI is InChI=1S/C14H16N2O3/c17-13-12(8-10-4-2-1-3-5-10)15-14(18)16(13)11-6-7-19-9-11/h1-5,11-12H,6-9H2,(H,15,18). The Bertz CT molecular complexity index is 483. The van der Waals surface area contributed by atoms with Crippen molar-refractivity contribution >= 4 is 11.9 Å². The van der Waals surface area contributed by atoms with Crippen LogP contribution in [0.1, 0.15) is 12.0 Å². The summed E-state index contributed by atoms with van der Waals surface area (Å²) in [4.78, 5) is 25.5. The Hall–Kier alpha value is -1.88. The number of imide groups is 1. The molecule has 1 aromatic carbocycles. The van der Waals surface area contributed by atoms with E-state index >= 15 is 0 Å². The van der Waals surface area contributed by atoms with E-state index in [0.29, 0.717) is 19.6 Å². The lowest BCUT2D eigenvalue weighted by Crippen LogP contribution is -2.41. The minimum absolute atomic E-state index is 0.103. The summed E-state index contributed by atoms with van der Waals surface area (Å²) < 4.78 is 5.25. The van der Waals surface area contributed by atoms with E-state index in [1.807, 2.05) is 30.3 Å². The van der Waals surface area contributed by atoms with Crippen LogP contribution in [0, 0.1) is 0 Å². The van der Waals surface area contributed by atoms with Crippen LogP contribution in [-0.4, -0.2) is 42.1 Å². The van der Waals surface area contributed by atoms with Crippen LogP contribution >= 0.6 is 0 Å². The van der Waals surface area contributed by atoms with Crippen molar-refractivity contribution in [2.75, 3.05) is 13.2 Å². The van der Waals surface area contributed by atoms with Gasteiger partial charge in [0.15, 0.2) is 0 Å². The lowest BCUT2D eigenvalue weighted by Gasteiger charge is -2.19. The van der Waals surface area contributed by atoms with Gasteiger partial charge in [0.2, 0.25) is 0 Å². The van der Waals surface area contributed by atoms with Gasteiger partial charge >= 0.3 is 6.03 Å². The van der Waals surface area contributed by atoms with E-state index in [0.717, 1.165) is 12.0 Å². The molecular formula is C14H16N2O3. The fourth-order valence-corrected chi connectivity index (χ4v) is 2.61. The highest BCUT2D eigenvalue weighted by molar-refractivity contribution is 6.04. The fraction of sp³-hybridized carbons (Fsp3) is 0.429. The first-order chi connectivity index (χ1) is 9.25. The van der Waals surface area contributed by atoms with Crippen LogP contribution in [0.25, 0.3) is 0 Å². The smallest absolute Gasteiger partial charge is 0.325 e. The van der Waals surface area contributed by atoms with E-state index < -0.39 is 6.04 Å². The summed E-state index contributed by atoms with van der Waals surface area (Å²) in [5.41, 5.74) is 1.05. The highest BCUT2D eigenvalue weighted by Crippen LogP contribution is 2.19. The van der Waals surface area contributed by atoms with Gasteiger partial charge in [0.05, 0.1) is 12.6 Å². The molecule has 1 aromatic rings. The van der Waals surface area contributed by atoms with Crippen molar-refractivity contribution in [3.63, 3.8) is 0 Å². The lowest BCUT2D eigenvalue weighted by molar-refractivity contribution is -0.129. The van der Waals surface area contributed by atoms with Crippen molar-refractivity contribution in [2.45, 2.75) is 24.9 Å². The average molecular weight is 260 g/mol. The van der Waals surface area contributed by atoms with Crippen LogP contribution in [0.15, 0.2) is 30.3 Å². The number of benzene rings is 1. The molecule has 3 amide bonds. The van der Waals surface area contributed by atoms with Crippen molar-refractivity contribution in [3.8, 4) is 0 Å². The summed E-state index contributed by atoms with van der Waals surface area (Å²) in [6.45, 7) is 1.07. The first-order valence-corrected chi connectivity index (χ1v) is 6.51. The maximum absolute atomic E-state index is 12.3. The molecular weight excluding hydrogens is 244 g/mol. The zero-order chi connectivity index (χ0) is 13.2. The van der Waals surface area contributed by atoms with Crippen molar-refractivity contribution in [2.24, 2.45) is 0 Å². The number of carbonyl (C=O) groups excluding carboxylic acids is 2. The maximum Gasteiger partial charge on any atom is 0.325 e. The Kier molecular flexibility index (Phi) is 3.21. The molecule has 5 nitrogen and oxygen atoms in total. The molecule has 0 radical (unpaired) electrons. The van der Waals surface area contributed by atoms with Crippen LogP contribution < -0.4 is 5.32 Å².